The van der Waals surface area contributed by atoms with Crippen LogP contribution in [0.25, 0.3) is 0 Å². The van der Waals surface area contributed by atoms with Gasteiger partial charge in [0.15, 0.2) is 0 Å². The summed E-state index contributed by atoms with van der Waals surface area (Å²) < 4.78 is 5.24. The molecule has 88 valence electrons. The summed E-state index contributed by atoms with van der Waals surface area (Å²) in [7, 11) is 1.70. The van der Waals surface area contributed by atoms with Crippen LogP contribution in [0.5, 0.6) is 0 Å². The van der Waals surface area contributed by atoms with Gasteiger partial charge in [0.1, 0.15) is 0 Å². The topological polar surface area (TPSA) is 49.7 Å². The zero-order chi connectivity index (χ0) is 11.3. The molecule has 0 radical (unpaired) electrons. The van der Waals surface area contributed by atoms with Crippen molar-refractivity contribution in [3.63, 3.8) is 0 Å². The van der Waals surface area contributed by atoms with Crippen LogP contribution in [-0.2, 0) is 4.74 Å². The molecule has 2 saturated carbocycles. The third-order valence-electron chi connectivity index (χ3n) is 4.40. The first-order chi connectivity index (χ1) is 6.86. The van der Waals surface area contributed by atoms with Crippen molar-refractivity contribution in [2.75, 3.05) is 13.7 Å². The molecule has 3 heteroatoms. The second-order valence-corrected chi connectivity index (χ2v) is 6.25. The van der Waals surface area contributed by atoms with E-state index in [1.165, 1.54) is 0 Å². The second kappa shape index (κ2) is 3.19. The van der Waals surface area contributed by atoms with Crippen molar-refractivity contribution in [3.8, 4) is 0 Å². The summed E-state index contributed by atoms with van der Waals surface area (Å²) in [4.78, 5) is 0. The molecule has 0 spiro atoms. The number of aliphatic hydroxyl groups excluding tert-OH is 1. The lowest BCUT2D eigenvalue weighted by atomic mass is 9.45. The highest BCUT2D eigenvalue weighted by molar-refractivity contribution is 5.15. The Labute approximate surface area is 91.4 Å². The Morgan fingerprint density at radius 2 is 1.80 bits per heavy atom. The number of rotatable bonds is 3. The standard InChI is InChI=1S/C12H22O3/c1-10(2)6-12(14,7-10)11(8-13)4-9(5-11)15-3/h9,13-14H,4-8H2,1-3H3. The van der Waals surface area contributed by atoms with Gasteiger partial charge < -0.3 is 14.9 Å². The molecule has 0 heterocycles. The molecular formula is C12H22O3. The summed E-state index contributed by atoms with van der Waals surface area (Å²) >= 11 is 0. The van der Waals surface area contributed by atoms with Gasteiger partial charge in [0.25, 0.3) is 0 Å². The van der Waals surface area contributed by atoms with Gasteiger partial charge in [-0.1, -0.05) is 13.8 Å². The fraction of sp³-hybridized carbons (Fsp3) is 1.00. The largest absolute Gasteiger partial charge is 0.396 e. The van der Waals surface area contributed by atoms with Crippen molar-refractivity contribution < 1.29 is 14.9 Å². The van der Waals surface area contributed by atoms with Crippen molar-refractivity contribution in [1.29, 1.82) is 0 Å². The Hall–Kier alpha value is -0.120. The third kappa shape index (κ3) is 1.52. The number of hydrogen-bond acceptors (Lipinski definition) is 3. The molecule has 2 N–H and O–H groups in total. The Morgan fingerprint density at radius 1 is 1.27 bits per heavy atom. The summed E-state index contributed by atoms with van der Waals surface area (Å²) in [5.74, 6) is 0. The van der Waals surface area contributed by atoms with E-state index in [0.717, 1.165) is 25.7 Å². The lowest BCUT2D eigenvalue weighted by Crippen LogP contribution is -2.67. The van der Waals surface area contributed by atoms with Crippen LogP contribution in [-0.4, -0.2) is 35.6 Å². The monoisotopic (exact) mass is 214 g/mol. The minimum atomic E-state index is -0.652. The second-order valence-electron chi connectivity index (χ2n) is 6.25. The first-order valence-electron chi connectivity index (χ1n) is 5.73. The number of aliphatic hydroxyl groups is 2. The maximum Gasteiger partial charge on any atom is 0.0737 e. The Balaban J connectivity index is 2.04. The Kier molecular flexibility index (Phi) is 2.42. The predicted molar refractivity (Wildman–Crippen MR) is 57.5 cm³/mol. The molecule has 0 amide bonds. The highest BCUT2D eigenvalue weighted by Crippen LogP contribution is 2.62. The molecule has 0 atom stereocenters. The fourth-order valence-corrected chi connectivity index (χ4v) is 3.54. The van der Waals surface area contributed by atoms with Crippen LogP contribution < -0.4 is 0 Å². The van der Waals surface area contributed by atoms with Crippen LogP contribution in [0.4, 0.5) is 0 Å². The summed E-state index contributed by atoms with van der Waals surface area (Å²) in [6.45, 7) is 4.41. The molecule has 0 aromatic carbocycles. The van der Waals surface area contributed by atoms with Crippen LogP contribution >= 0.6 is 0 Å². The van der Waals surface area contributed by atoms with Crippen LogP contribution in [0.3, 0.4) is 0 Å². The van der Waals surface area contributed by atoms with Gasteiger partial charge in [-0.2, -0.15) is 0 Å². The highest BCUT2D eigenvalue weighted by atomic mass is 16.5. The van der Waals surface area contributed by atoms with E-state index >= 15 is 0 Å². The summed E-state index contributed by atoms with van der Waals surface area (Å²) in [5.41, 5.74) is -0.710. The van der Waals surface area contributed by atoms with Gasteiger partial charge in [-0.05, 0) is 31.1 Å². The smallest absolute Gasteiger partial charge is 0.0737 e. The van der Waals surface area contributed by atoms with Crippen molar-refractivity contribution in [2.24, 2.45) is 10.8 Å². The number of methoxy groups -OCH3 is 1. The minimum absolute atomic E-state index is 0.0828. The van der Waals surface area contributed by atoms with E-state index in [-0.39, 0.29) is 23.5 Å². The van der Waals surface area contributed by atoms with E-state index in [1.807, 2.05) is 0 Å². The van der Waals surface area contributed by atoms with Crippen molar-refractivity contribution in [1.82, 2.24) is 0 Å². The lowest BCUT2D eigenvalue weighted by molar-refractivity contribution is -0.259. The average molecular weight is 214 g/mol. The molecule has 3 nitrogen and oxygen atoms in total. The van der Waals surface area contributed by atoms with Gasteiger partial charge in [-0.15, -0.1) is 0 Å². The van der Waals surface area contributed by atoms with E-state index in [9.17, 15) is 10.2 Å². The highest BCUT2D eigenvalue weighted by Gasteiger charge is 2.64. The van der Waals surface area contributed by atoms with E-state index in [1.54, 1.807) is 7.11 Å². The van der Waals surface area contributed by atoms with Gasteiger partial charge in [-0.3, -0.25) is 0 Å². The fourth-order valence-electron chi connectivity index (χ4n) is 3.54. The predicted octanol–water partition coefficient (Wildman–Crippen LogP) is 1.32. The SMILES string of the molecule is COC1CC(CO)(C2(O)CC(C)(C)C2)C1. The molecule has 2 rings (SSSR count). The van der Waals surface area contributed by atoms with Crippen LogP contribution in [0.1, 0.15) is 39.5 Å². The molecule has 0 aliphatic heterocycles. The Morgan fingerprint density at radius 3 is 2.13 bits per heavy atom. The van der Waals surface area contributed by atoms with Crippen molar-refractivity contribution in [2.45, 2.75) is 51.2 Å². The third-order valence-corrected chi connectivity index (χ3v) is 4.40. The van der Waals surface area contributed by atoms with Crippen LogP contribution in [0, 0.1) is 10.8 Å². The van der Waals surface area contributed by atoms with E-state index in [4.69, 9.17) is 4.74 Å². The quantitative estimate of drug-likeness (QED) is 0.745. The molecule has 2 aliphatic rings. The van der Waals surface area contributed by atoms with Gasteiger partial charge in [0.05, 0.1) is 18.3 Å². The molecule has 0 aromatic heterocycles. The summed E-state index contributed by atoms with van der Waals surface area (Å²) in [6.07, 6.45) is 3.43. The van der Waals surface area contributed by atoms with E-state index < -0.39 is 5.60 Å². The zero-order valence-electron chi connectivity index (χ0n) is 9.92. The van der Waals surface area contributed by atoms with Gasteiger partial charge >= 0.3 is 0 Å². The molecule has 2 aliphatic carbocycles. The molecule has 2 fully saturated rings. The van der Waals surface area contributed by atoms with Gasteiger partial charge in [-0.25, -0.2) is 0 Å². The summed E-state index contributed by atoms with van der Waals surface area (Å²) in [6, 6.07) is 0. The first kappa shape index (κ1) is 11.4. The number of ether oxygens (including phenoxy) is 1. The summed E-state index contributed by atoms with van der Waals surface area (Å²) in [5, 5.41) is 20.0. The van der Waals surface area contributed by atoms with Crippen LogP contribution in [0.2, 0.25) is 0 Å². The lowest BCUT2D eigenvalue weighted by Gasteiger charge is -2.64. The van der Waals surface area contributed by atoms with Gasteiger partial charge in [0, 0.05) is 12.5 Å². The average Bonchev–Trinajstić information content (AvgIpc) is 1.99. The van der Waals surface area contributed by atoms with E-state index in [2.05, 4.69) is 13.8 Å². The van der Waals surface area contributed by atoms with E-state index in [0.29, 0.717) is 0 Å². The minimum Gasteiger partial charge on any atom is -0.396 e. The normalized spacial score (nSPS) is 41.8. The maximum absolute atomic E-state index is 10.5. The first-order valence-corrected chi connectivity index (χ1v) is 5.73. The van der Waals surface area contributed by atoms with Crippen LogP contribution in [0.15, 0.2) is 0 Å². The maximum atomic E-state index is 10.5. The zero-order valence-corrected chi connectivity index (χ0v) is 9.92. The van der Waals surface area contributed by atoms with Crippen molar-refractivity contribution >= 4 is 0 Å². The molecule has 0 saturated heterocycles. The van der Waals surface area contributed by atoms with Gasteiger partial charge in [0.2, 0.25) is 0 Å². The molecular weight excluding hydrogens is 192 g/mol. The number of hydrogen-bond donors (Lipinski definition) is 2. The molecule has 0 unspecified atom stereocenters. The Bertz CT molecular complexity index is 246. The molecule has 0 aromatic rings. The molecule has 15 heavy (non-hydrogen) atoms. The van der Waals surface area contributed by atoms with Crippen molar-refractivity contribution in [3.05, 3.63) is 0 Å². The molecule has 0 bridgehead atoms.